The first kappa shape index (κ1) is 33.0. The average Bonchev–Trinajstić information content (AvgIpc) is 3.35. The van der Waals surface area contributed by atoms with Crippen LogP contribution < -0.4 is 10.1 Å². The smallest absolute Gasteiger partial charge is 0.482 e. The van der Waals surface area contributed by atoms with Gasteiger partial charge < -0.3 is 28.9 Å². The summed E-state index contributed by atoms with van der Waals surface area (Å²) in [5.74, 6) is -0.108. The molecule has 0 aromatic heterocycles. The summed E-state index contributed by atoms with van der Waals surface area (Å²) in [6.45, 7) is 14.4. The molecule has 10 heteroatoms. The normalized spacial score (nSPS) is 25.9. The molecule has 2 aromatic rings. The Morgan fingerprint density at radius 1 is 1.09 bits per heavy atom. The van der Waals surface area contributed by atoms with Crippen molar-refractivity contribution >= 4 is 24.7 Å². The van der Waals surface area contributed by atoms with Crippen LogP contribution in [0.25, 0.3) is 0 Å². The van der Waals surface area contributed by atoms with Crippen LogP contribution in [0.1, 0.15) is 89.2 Å². The number of para-hydroxylation sites is 1. The molecule has 4 aliphatic rings. The van der Waals surface area contributed by atoms with Gasteiger partial charge in [0.2, 0.25) is 0 Å². The molecule has 2 bridgehead atoms. The Labute approximate surface area is 267 Å². The maximum atomic E-state index is 13.7. The minimum Gasteiger partial charge on any atom is -0.496 e. The molecular weight excluding hydrogens is 571 g/mol. The second-order valence-electron chi connectivity index (χ2n) is 14.3. The molecule has 1 saturated heterocycles. The van der Waals surface area contributed by atoms with Crippen LogP contribution in [-0.4, -0.2) is 55.1 Å². The van der Waals surface area contributed by atoms with E-state index in [0.717, 1.165) is 24.0 Å². The van der Waals surface area contributed by atoms with Crippen molar-refractivity contribution in [1.29, 1.82) is 0 Å². The molecule has 242 valence electrons. The van der Waals surface area contributed by atoms with Gasteiger partial charge in [-0.1, -0.05) is 68.4 Å². The first-order valence-corrected chi connectivity index (χ1v) is 16.0. The van der Waals surface area contributed by atoms with E-state index in [2.05, 4.69) is 31.2 Å². The minimum absolute atomic E-state index is 0.0674. The molecule has 5 atom stereocenters. The number of carbonyl (C=O) groups excluding carboxylic acids is 2. The minimum atomic E-state index is -0.711. The summed E-state index contributed by atoms with van der Waals surface area (Å²) < 4.78 is 24.9. The Bertz CT molecular complexity index is 1420. The number of rotatable bonds is 11. The van der Waals surface area contributed by atoms with Crippen LogP contribution in [0.3, 0.4) is 0 Å². The lowest BCUT2D eigenvalue weighted by atomic mass is 9.43. The van der Waals surface area contributed by atoms with E-state index < -0.39 is 30.2 Å². The fourth-order valence-corrected chi connectivity index (χ4v) is 7.28. The van der Waals surface area contributed by atoms with Crippen molar-refractivity contribution in [3.8, 4) is 5.75 Å². The van der Waals surface area contributed by atoms with Crippen LogP contribution in [0.15, 0.2) is 53.7 Å². The molecule has 6 rings (SSSR count). The number of nitrogens with zero attached hydrogens (tertiary/aromatic N) is 1. The largest absolute Gasteiger partial charge is 0.496 e. The van der Waals surface area contributed by atoms with Crippen molar-refractivity contribution in [2.24, 2.45) is 22.4 Å². The van der Waals surface area contributed by atoms with Crippen LogP contribution in [-0.2, 0) is 36.7 Å². The fourth-order valence-electron chi connectivity index (χ4n) is 7.28. The van der Waals surface area contributed by atoms with Gasteiger partial charge in [-0.15, -0.1) is 0 Å². The monoisotopic (exact) mass is 618 g/mol. The zero-order valence-electron chi connectivity index (χ0n) is 27.8. The number of carbonyl (C=O) groups is 2. The van der Waals surface area contributed by atoms with Gasteiger partial charge in [-0.25, -0.2) is 4.79 Å². The van der Waals surface area contributed by atoms with Gasteiger partial charge in [0.15, 0.2) is 0 Å². The van der Waals surface area contributed by atoms with E-state index in [1.54, 1.807) is 12.1 Å². The summed E-state index contributed by atoms with van der Waals surface area (Å²) in [6.07, 6.45) is 2.63. The van der Waals surface area contributed by atoms with Crippen LogP contribution in [0.4, 0.5) is 0 Å². The highest BCUT2D eigenvalue weighted by atomic mass is 16.7. The Balaban J connectivity index is 1.41. The van der Waals surface area contributed by atoms with Crippen molar-refractivity contribution < 1.29 is 33.2 Å². The lowest BCUT2D eigenvalue weighted by Gasteiger charge is -2.64. The Morgan fingerprint density at radius 2 is 1.82 bits per heavy atom. The van der Waals surface area contributed by atoms with Gasteiger partial charge in [-0.05, 0) is 87.8 Å². The number of esters is 1. The Kier molecular flexibility index (Phi) is 9.39. The highest BCUT2D eigenvalue weighted by Gasteiger charge is 2.68. The molecule has 1 N–H and O–H groups in total. The molecule has 3 aliphatic carbocycles. The highest BCUT2D eigenvalue weighted by molar-refractivity contribution is 6.49. The number of amides is 1. The lowest BCUT2D eigenvalue weighted by Crippen LogP contribution is -2.65. The SMILES string of the molecule is CCC(=NOCc1ccccc1)C(=O)N[C@@H](Cc1cccc(C(=O)OC(C)(C)C)c1OC)B1OC2CC3CC(C3(C)C)C2(C)O1. The predicted molar refractivity (Wildman–Crippen MR) is 173 cm³/mol. The van der Waals surface area contributed by atoms with Crippen molar-refractivity contribution in [1.82, 2.24) is 5.32 Å². The van der Waals surface area contributed by atoms with E-state index in [4.69, 9.17) is 23.6 Å². The summed E-state index contributed by atoms with van der Waals surface area (Å²) >= 11 is 0. The molecule has 1 aliphatic heterocycles. The van der Waals surface area contributed by atoms with Gasteiger partial charge in [0.05, 0.1) is 24.8 Å². The highest BCUT2D eigenvalue weighted by Crippen LogP contribution is 2.65. The van der Waals surface area contributed by atoms with Crippen LogP contribution in [0, 0.1) is 17.3 Å². The summed E-state index contributed by atoms with van der Waals surface area (Å²) in [5.41, 5.74) is 1.29. The number of nitrogens with one attached hydrogen (secondary N) is 1. The van der Waals surface area contributed by atoms with Crippen LogP contribution in [0.5, 0.6) is 5.75 Å². The third kappa shape index (κ3) is 6.77. The lowest BCUT2D eigenvalue weighted by molar-refractivity contribution is -0.199. The molecule has 0 radical (unpaired) electrons. The number of benzene rings is 2. The molecule has 4 fully saturated rings. The molecule has 9 nitrogen and oxygen atoms in total. The molecule has 3 saturated carbocycles. The van der Waals surface area contributed by atoms with E-state index in [1.165, 1.54) is 7.11 Å². The van der Waals surface area contributed by atoms with E-state index in [1.807, 2.05) is 64.1 Å². The summed E-state index contributed by atoms with van der Waals surface area (Å²) in [6, 6.07) is 15.0. The average molecular weight is 619 g/mol. The molecule has 0 spiro atoms. The van der Waals surface area contributed by atoms with Gasteiger partial charge in [0.1, 0.15) is 29.2 Å². The van der Waals surface area contributed by atoms with E-state index in [-0.39, 0.29) is 29.7 Å². The first-order chi connectivity index (χ1) is 21.3. The molecule has 4 unspecified atom stereocenters. The number of hydrogen-bond donors (Lipinski definition) is 1. The summed E-state index contributed by atoms with van der Waals surface area (Å²) in [7, 11) is 0.817. The van der Waals surface area contributed by atoms with E-state index in [9.17, 15) is 9.59 Å². The van der Waals surface area contributed by atoms with Gasteiger partial charge in [0.25, 0.3) is 5.91 Å². The van der Waals surface area contributed by atoms with Crippen LogP contribution in [0.2, 0.25) is 0 Å². The standard InChI is InChI=1S/C35H47BN2O7/c1-9-26(38-42-21-22-14-11-10-12-15-22)31(39)37-29(36-44-28-20-24-19-27(34(24,5)6)35(28,7)45-36)18-23-16-13-17-25(30(23)41-8)32(40)43-33(2,3)4/h10-17,24,27-29H,9,18-21H2,1-8H3,(H,37,39)/t24?,27?,28?,29-,35?/m0/s1. The number of methoxy groups -OCH3 is 1. The molecule has 2 aromatic carbocycles. The third-order valence-electron chi connectivity index (χ3n) is 9.82. The first-order valence-electron chi connectivity index (χ1n) is 16.0. The number of ether oxygens (including phenoxy) is 2. The van der Waals surface area contributed by atoms with Gasteiger partial charge in [0, 0.05) is 0 Å². The van der Waals surface area contributed by atoms with Gasteiger partial charge >= 0.3 is 13.1 Å². The quantitative estimate of drug-likeness (QED) is 0.144. The van der Waals surface area contributed by atoms with Crippen LogP contribution >= 0.6 is 0 Å². The second kappa shape index (κ2) is 12.8. The summed E-state index contributed by atoms with van der Waals surface area (Å²) in [5, 5.41) is 7.34. The third-order valence-corrected chi connectivity index (χ3v) is 9.82. The van der Waals surface area contributed by atoms with Crippen molar-refractivity contribution in [2.75, 3.05) is 7.11 Å². The van der Waals surface area contributed by atoms with Crippen molar-refractivity contribution in [2.45, 2.75) is 104 Å². The predicted octanol–water partition coefficient (Wildman–Crippen LogP) is 5.93. The molecule has 1 amide bonds. The Hall–Kier alpha value is -3.37. The summed E-state index contributed by atoms with van der Waals surface area (Å²) in [4.78, 5) is 32.4. The molecule has 1 heterocycles. The second-order valence-corrected chi connectivity index (χ2v) is 14.3. The van der Waals surface area contributed by atoms with E-state index >= 15 is 0 Å². The maximum absolute atomic E-state index is 13.7. The Morgan fingerprint density at radius 3 is 2.47 bits per heavy atom. The zero-order valence-corrected chi connectivity index (χ0v) is 27.8. The van der Waals surface area contributed by atoms with Crippen molar-refractivity contribution in [3.63, 3.8) is 0 Å². The maximum Gasteiger partial charge on any atom is 0.482 e. The number of hydrogen-bond acceptors (Lipinski definition) is 8. The zero-order chi connectivity index (χ0) is 32.6. The van der Waals surface area contributed by atoms with Gasteiger partial charge in [-0.3, -0.25) is 4.79 Å². The molecular formula is C35H47BN2O7. The fraction of sp³-hybridized carbons (Fsp3) is 0.571. The van der Waals surface area contributed by atoms with Gasteiger partial charge in [-0.2, -0.15) is 0 Å². The van der Waals surface area contributed by atoms with Crippen molar-refractivity contribution in [3.05, 3.63) is 65.2 Å². The topological polar surface area (TPSA) is 105 Å². The molecule has 45 heavy (non-hydrogen) atoms. The number of oxime groups is 1. The van der Waals surface area contributed by atoms with E-state index in [0.29, 0.717) is 36.0 Å².